The minimum atomic E-state index is -4.88. The van der Waals surface area contributed by atoms with E-state index in [0.717, 1.165) is 5.56 Å². The van der Waals surface area contributed by atoms with Crippen LogP contribution in [0.5, 0.6) is 5.75 Å². The van der Waals surface area contributed by atoms with Gasteiger partial charge >= 0.3 is 6.18 Å². The molecule has 1 atom stereocenters. The number of alkyl halides is 3. The molecule has 2 aromatic carbocycles. The Labute approximate surface area is 178 Å². The average Bonchev–Trinajstić information content (AvgIpc) is 3.14. The van der Waals surface area contributed by atoms with E-state index in [1.807, 2.05) is 18.2 Å². The zero-order valence-corrected chi connectivity index (χ0v) is 17.5. The Bertz CT molecular complexity index is 1020. The molecule has 0 bridgehead atoms. The Balaban J connectivity index is 1.69. The van der Waals surface area contributed by atoms with Crippen molar-refractivity contribution in [2.75, 3.05) is 24.6 Å². The summed E-state index contributed by atoms with van der Waals surface area (Å²) < 4.78 is 62.5. The smallest absolute Gasteiger partial charge is 0.418 e. The Hall–Kier alpha value is -2.54. The topological polar surface area (TPSA) is 32.7 Å². The molecule has 0 saturated carbocycles. The van der Waals surface area contributed by atoms with Gasteiger partial charge in [-0.1, -0.05) is 44.2 Å². The van der Waals surface area contributed by atoms with E-state index in [-0.39, 0.29) is 6.54 Å². The highest BCUT2D eigenvalue weighted by Crippen LogP contribution is 2.46. The second-order valence-electron chi connectivity index (χ2n) is 8.97. The van der Waals surface area contributed by atoms with Gasteiger partial charge in [-0.25, -0.2) is 4.39 Å². The molecule has 0 radical (unpaired) electrons. The number of nitrogens with zero attached hydrogens (tertiary/aromatic N) is 1. The second kappa shape index (κ2) is 7.55. The summed E-state index contributed by atoms with van der Waals surface area (Å²) in [5, 5.41) is 11.0. The highest BCUT2D eigenvalue weighted by atomic mass is 19.4. The van der Waals surface area contributed by atoms with Crippen LogP contribution in [-0.2, 0) is 11.8 Å². The fourth-order valence-electron chi connectivity index (χ4n) is 4.63. The van der Waals surface area contributed by atoms with E-state index in [1.165, 1.54) is 17.0 Å². The van der Waals surface area contributed by atoms with Gasteiger partial charge in [0, 0.05) is 29.8 Å². The third-order valence-corrected chi connectivity index (χ3v) is 6.09. The van der Waals surface area contributed by atoms with Crippen molar-refractivity contribution in [1.29, 1.82) is 0 Å². The van der Waals surface area contributed by atoms with E-state index >= 15 is 0 Å². The van der Waals surface area contributed by atoms with Crippen molar-refractivity contribution in [2.45, 2.75) is 43.9 Å². The summed E-state index contributed by atoms with van der Waals surface area (Å²) in [6.45, 7) is 3.17. The van der Waals surface area contributed by atoms with E-state index < -0.39 is 36.0 Å². The van der Waals surface area contributed by atoms with E-state index in [1.54, 1.807) is 32.1 Å². The lowest BCUT2D eigenvalue weighted by molar-refractivity contribution is -0.262. The van der Waals surface area contributed by atoms with Gasteiger partial charge in [-0.2, -0.15) is 13.2 Å². The Morgan fingerprint density at radius 1 is 1.13 bits per heavy atom. The Morgan fingerprint density at radius 3 is 2.61 bits per heavy atom. The first-order valence-electron chi connectivity index (χ1n) is 10.3. The third kappa shape index (κ3) is 4.03. The zero-order valence-electron chi connectivity index (χ0n) is 17.5. The van der Waals surface area contributed by atoms with E-state index in [9.17, 15) is 22.7 Å². The monoisotopic (exact) mass is 435 g/mol. The van der Waals surface area contributed by atoms with Gasteiger partial charge in [-0.15, -0.1) is 0 Å². The maximum atomic E-state index is 14.2. The van der Waals surface area contributed by atoms with Crippen LogP contribution in [-0.4, -0.2) is 36.6 Å². The fraction of sp³-hybridized carbons (Fsp3) is 0.417. The predicted octanol–water partition coefficient (Wildman–Crippen LogP) is 5.26. The SMILES string of the molecule is CC(C)(CC(O)(CN1CC=Cc2ccccc21)C(F)(F)F)c1cc(F)cc2c1OCC2. The molecule has 0 fully saturated rings. The molecule has 0 amide bonds. The number of aliphatic hydroxyl groups is 1. The first-order chi connectivity index (χ1) is 14.5. The second-order valence-corrected chi connectivity index (χ2v) is 8.97. The van der Waals surface area contributed by atoms with Gasteiger partial charge in [-0.3, -0.25) is 0 Å². The largest absolute Gasteiger partial charge is 0.493 e. The molecule has 2 aliphatic rings. The number of hydrogen-bond donors (Lipinski definition) is 1. The van der Waals surface area contributed by atoms with Crippen molar-refractivity contribution in [3.05, 3.63) is 65.0 Å². The minimum Gasteiger partial charge on any atom is -0.493 e. The molecule has 2 heterocycles. The number of benzene rings is 2. The van der Waals surface area contributed by atoms with Crippen molar-refractivity contribution in [1.82, 2.24) is 0 Å². The lowest BCUT2D eigenvalue weighted by Gasteiger charge is -2.42. The minimum absolute atomic E-state index is 0.258. The Morgan fingerprint density at radius 2 is 1.87 bits per heavy atom. The molecule has 0 aromatic heterocycles. The molecule has 1 N–H and O–H groups in total. The molecule has 31 heavy (non-hydrogen) atoms. The molecular formula is C24H25F4NO2. The molecule has 4 rings (SSSR count). The van der Waals surface area contributed by atoms with Gasteiger partial charge in [0.05, 0.1) is 13.2 Å². The van der Waals surface area contributed by atoms with Crippen LogP contribution in [0.2, 0.25) is 0 Å². The lowest BCUT2D eigenvalue weighted by Crippen LogP contribution is -2.56. The number of fused-ring (bicyclic) bond motifs is 2. The maximum Gasteiger partial charge on any atom is 0.418 e. The molecule has 0 spiro atoms. The molecular weight excluding hydrogens is 410 g/mol. The average molecular weight is 435 g/mol. The number of ether oxygens (including phenoxy) is 1. The van der Waals surface area contributed by atoms with Crippen LogP contribution in [0.3, 0.4) is 0 Å². The first kappa shape index (κ1) is 21.7. The van der Waals surface area contributed by atoms with Crippen LogP contribution in [0.25, 0.3) is 6.08 Å². The van der Waals surface area contributed by atoms with Crippen molar-refractivity contribution >= 4 is 11.8 Å². The van der Waals surface area contributed by atoms with Crippen molar-refractivity contribution in [3.8, 4) is 5.75 Å². The zero-order chi connectivity index (χ0) is 22.4. The van der Waals surface area contributed by atoms with E-state index in [2.05, 4.69) is 0 Å². The molecule has 7 heteroatoms. The van der Waals surface area contributed by atoms with Gasteiger partial charge in [0.1, 0.15) is 11.6 Å². The van der Waals surface area contributed by atoms with Crippen molar-refractivity contribution in [2.24, 2.45) is 0 Å². The van der Waals surface area contributed by atoms with Crippen LogP contribution in [0.1, 0.15) is 37.0 Å². The van der Waals surface area contributed by atoms with Gasteiger partial charge in [0.15, 0.2) is 5.60 Å². The highest BCUT2D eigenvalue weighted by Gasteiger charge is 2.57. The van der Waals surface area contributed by atoms with Gasteiger partial charge < -0.3 is 14.7 Å². The van der Waals surface area contributed by atoms with Crippen molar-refractivity contribution < 1.29 is 27.4 Å². The number of anilines is 1. The van der Waals surface area contributed by atoms with Gasteiger partial charge in [-0.05, 0) is 35.6 Å². The molecule has 166 valence electrons. The van der Waals surface area contributed by atoms with Crippen LogP contribution >= 0.6 is 0 Å². The summed E-state index contributed by atoms with van der Waals surface area (Å²) >= 11 is 0. The van der Waals surface area contributed by atoms with Crippen molar-refractivity contribution in [3.63, 3.8) is 0 Å². The van der Waals surface area contributed by atoms with Crippen LogP contribution in [0, 0.1) is 5.82 Å². The first-order valence-corrected chi connectivity index (χ1v) is 10.3. The van der Waals surface area contributed by atoms with E-state index in [4.69, 9.17) is 4.74 Å². The van der Waals surface area contributed by atoms with Crippen LogP contribution in [0.4, 0.5) is 23.2 Å². The quantitative estimate of drug-likeness (QED) is 0.651. The predicted molar refractivity (Wildman–Crippen MR) is 112 cm³/mol. The number of para-hydroxylation sites is 1. The molecule has 0 aliphatic carbocycles. The fourth-order valence-corrected chi connectivity index (χ4v) is 4.63. The highest BCUT2D eigenvalue weighted by molar-refractivity contribution is 5.71. The molecule has 0 saturated heterocycles. The lowest BCUT2D eigenvalue weighted by atomic mass is 9.73. The van der Waals surface area contributed by atoms with Crippen LogP contribution < -0.4 is 9.64 Å². The molecule has 1 unspecified atom stereocenters. The number of hydrogen-bond acceptors (Lipinski definition) is 3. The molecule has 3 nitrogen and oxygen atoms in total. The van der Waals surface area contributed by atoms with Crippen LogP contribution in [0.15, 0.2) is 42.5 Å². The Kier molecular flexibility index (Phi) is 5.28. The molecule has 2 aromatic rings. The standard InChI is InChI=1S/C24H25F4NO2/c1-22(2,19-13-18(25)12-17-9-11-31-21(17)19)14-23(30,24(26,27)28)15-29-10-5-7-16-6-3-4-8-20(16)29/h3-8,12-13,30H,9-11,14-15H2,1-2H3. The maximum absolute atomic E-state index is 14.2. The number of β-amino-alcohol motifs (C(OH)–C–C–N with tert-alkyl or cyclic N) is 1. The summed E-state index contributed by atoms with van der Waals surface area (Å²) in [4.78, 5) is 1.53. The summed E-state index contributed by atoms with van der Waals surface area (Å²) in [5.74, 6) is -0.0832. The normalized spacial score (nSPS) is 17.7. The third-order valence-electron chi connectivity index (χ3n) is 6.09. The summed E-state index contributed by atoms with van der Waals surface area (Å²) in [7, 11) is 0. The number of halogens is 4. The van der Waals surface area contributed by atoms with E-state index in [0.29, 0.717) is 35.6 Å². The van der Waals surface area contributed by atoms with Gasteiger partial charge in [0.2, 0.25) is 0 Å². The number of rotatable bonds is 5. The summed E-state index contributed by atoms with van der Waals surface area (Å²) in [6.07, 6.45) is -1.37. The summed E-state index contributed by atoms with van der Waals surface area (Å²) in [5.41, 5.74) is -1.76. The summed E-state index contributed by atoms with van der Waals surface area (Å²) in [6, 6.07) is 9.72. The molecule has 2 aliphatic heterocycles. The van der Waals surface area contributed by atoms with Gasteiger partial charge in [0.25, 0.3) is 0 Å².